The first-order chi connectivity index (χ1) is 13.8. The van der Waals surface area contributed by atoms with Crippen LogP contribution < -0.4 is 16.0 Å². The normalized spacial score (nSPS) is 10.8. The monoisotopic (exact) mass is 392 g/mol. The van der Waals surface area contributed by atoms with Gasteiger partial charge in [-0.25, -0.2) is 4.79 Å². The predicted molar refractivity (Wildman–Crippen MR) is 107 cm³/mol. The molecule has 0 radical (unpaired) electrons. The molecule has 1 aromatic heterocycles. The van der Waals surface area contributed by atoms with Gasteiger partial charge in [-0.2, -0.15) is 9.78 Å². The molecule has 0 fully saturated rings. The van der Waals surface area contributed by atoms with Gasteiger partial charge in [-0.1, -0.05) is 6.07 Å². The summed E-state index contributed by atoms with van der Waals surface area (Å²) in [5.74, 6) is -0.242. The molecule has 0 bridgehead atoms. The molecule has 2 N–H and O–H groups in total. The lowest BCUT2D eigenvalue weighted by Gasteiger charge is -2.05. The zero-order valence-electron chi connectivity index (χ0n) is 15.3. The van der Waals surface area contributed by atoms with Crippen LogP contribution in [0.5, 0.6) is 5.75 Å². The molecule has 0 saturated heterocycles. The van der Waals surface area contributed by atoms with Crippen LogP contribution in [0.15, 0.2) is 70.6 Å². The first-order valence-corrected chi connectivity index (χ1v) is 8.44. The van der Waals surface area contributed by atoms with Crippen molar-refractivity contribution in [2.24, 2.45) is 5.10 Å². The first kappa shape index (κ1) is 19.5. The van der Waals surface area contributed by atoms with E-state index in [0.717, 1.165) is 16.3 Å². The van der Waals surface area contributed by atoms with Crippen molar-refractivity contribution in [3.63, 3.8) is 0 Å². The van der Waals surface area contributed by atoms with Gasteiger partial charge in [0.15, 0.2) is 0 Å². The highest BCUT2D eigenvalue weighted by Crippen LogP contribution is 2.17. The molecule has 0 aliphatic heterocycles. The molecule has 9 nitrogen and oxygen atoms in total. The molecule has 29 heavy (non-hydrogen) atoms. The lowest BCUT2D eigenvalue weighted by molar-refractivity contribution is -0.384. The average molecular weight is 392 g/mol. The van der Waals surface area contributed by atoms with Crippen LogP contribution in [0.3, 0.4) is 0 Å². The van der Waals surface area contributed by atoms with Gasteiger partial charge in [0.05, 0.1) is 16.7 Å². The van der Waals surface area contributed by atoms with Gasteiger partial charge >= 0.3 is 5.97 Å². The molecular formula is C20H16N4O5. The molecule has 9 heteroatoms. The van der Waals surface area contributed by atoms with Crippen LogP contribution in [0.2, 0.25) is 0 Å². The van der Waals surface area contributed by atoms with E-state index < -0.39 is 10.9 Å². The standard InChI is InChI=1S/C20H16N4O5/c1-13-9-18(21)23(19(25)10-13)22-12-14-5-7-17(8-6-14)29-20(26)15-3-2-4-16(11-15)24(27)28/h2-12H,21H2,1H3. The Morgan fingerprint density at radius 3 is 2.55 bits per heavy atom. The van der Waals surface area contributed by atoms with E-state index in [4.69, 9.17) is 10.5 Å². The largest absolute Gasteiger partial charge is 0.423 e. The average Bonchev–Trinajstić information content (AvgIpc) is 2.68. The lowest BCUT2D eigenvalue weighted by Crippen LogP contribution is -2.19. The Hall–Kier alpha value is -4.27. The molecular weight excluding hydrogens is 376 g/mol. The Labute approximate surface area is 164 Å². The predicted octanol–water partition coefficient (Wildman–Crippen LogP) is 2.75. The van der Waals surface area contributed by atoms with Crippen LogP contribution in [-0.2, 0) is 0 Å². The van der Waals surface area contributed by atoms with Gasteiger partial charge in [-0.3, -0.25) is 14.9 Å². The molecule has 3 rings (SSSR count). The number of nitrogen functional groups attached to an aromatic ring is 1. The number of benzene rings is 2. The maximum absolute atomic E-state index is 12.2. The van der Waals surface area contributed by atoms with Gasteiger partial charge < -0.3 is 10.5 Å². The van der Waals surface area contributed by atoms with Crippen LogP contribution in [-0.4, -0.2) is 21.8 Å². The van der Waals surface area contributed by atoms with E-state index in [1.807, 2.05) is 0 Å². The first-order valence-electron chi connectivity index (χ1n) is 8.44. The Bertz CT molecular complexity index is 1170. The number of carbonyl (C=O) groups is 1. The van der Waals surface area contributed by atoms with Crippen molar-refractivity contribution >= 4 is 23.7 Å². The van der Waals surface area contributed by atoms with Crippen LogP contribution in [0.4, 0.5) is 11.5 Å². The molecule has 0 aliphatic rings. The molecule has 0 atom stereocenters. The number of aryl methyl sites for hydroxylation is 1. The number of rotatable bonds is 5. The second kappa shape index (κ2) is 8.17. The minimum absolute atomic E-state index is 0.0686. The Morgan fingerprint density at radius 1 is 1.17 bits per heavy atom. The molecule has 0 aliphatic carbocycles. The van der Waals surface area contributed by atoms with E-state index in [9.17, 15) is 19.7 Å². The minimum Gasteiger partial charge on any atom is -0.423 e. The van der Waals surface area contributed by atoms with E-state index in [1.54, 1.807) is 25.1 Å². The van der Waals surface area contributed by atoms with Crippen molar-refractivity contribution in [2.45, 2.75) is 6.92 Å². The molecule has 0 amide bonds. The number of pyridine rings is 1. The third-order valence-corrected chi connectivity index (χ3v) is 3.89. The zero-order chi connectivity index (χ0) is 21.0. The number of carbonyl (C=O) groups excluding carboxylic acids is 1. The number of nitrogens with zero attached hydrogens (tertiary/aromatic N) is 3. The summed E-state index contributed by atoms with van der Waals surface area (Å²) in [7, 11) is 0. The topological polar surface area (TPSA) is 130 Å². The molecule has 0 spiro atoms. The van der Waals surface area contributed by atoms with Crippen molar-refractivity contribution in [1.82, 2.24) is 4.68 Å². The SMILES string of the molecule is Cc1cc(N)n(N=Cc2ccc(OC(=O)c3cccc([N+](=O)[O-])c3)cc2)c(=O)c1. The lowest BCUT2D eigenvalue weighted by atomic mass is 10.2. The van der Waals surface area contributed by atoms with Crippen LogP contribution in [0, 0.1) is 17.0 Å². The summed E-state index contributed by atoms with van der Waals surface area (Å²) in [4.78, 5) is 34.3. The number of nitro groups is 1. The second-order valence-electron chi connectivity index (χ2n) is 6.12. The molecule has 3 aromatic rings. The quantitative estimate of drug-likeness (QED) is 0.234. The summed E-state index contributed by atoms with van der Waals surface area (Å²) in [5.41, 5.74) is 6.71. The number of nitrogens with two attached hydrogens (primary N) is 1. The van der Waals surface area contributed by atoms with E-state index in [0.29, 0.717) is 5.56 Å². The molecule has 146 valence electrons. The third kappa shape index (κ3) is 4.72. The fourth-order valence-electron chi connectivity index (χ4n) is 2.50. The fraction of sp³-hybridized carbons (Fsp3) is 0.0500. The number of esters is 1. The van der Waals surface area contributed by atoms with E-state index in [2.05, 4.69) is 5.10 Å². The summed E-state index contributed by atoms with van der Waals surface area (Å²) < 4.78 is 6.30. The maximum Gasteiger partial charge on any atom is 0.343 e. The Kier molecular flexibility index (Phi) is 5.49. The summed E-state index contributed by atoms with van der Waals surface area (Å²) in [6.07, 6.45) is 1.44. The van der Waals surface area contributed by atoms with Gasteiger partial charge in [-0.15, -0.1) is 0 Å². The Balaban J connectivity index is 1.72. The number of aromatic nitrogens is 1. The van der Waals surface area contributed by atoms with Crippen molar-refractivity contribution in [2.75, 3.05) is 5.73 Å². The second-order valence-corrected chi connectivity index (χ2v) is 6.12. The van der Waals surface area contributed by atoms with Crippen molar-refractivity contribution in [3.8, 4) is 5.75 Å². The summed E-state index contributed by atoms with van der Waals surface area (Å²) >= 11 is 0. The fourth-order valence-corrected chi connectivity index (χ4v) is 2.50. The molecule has 1 heterocycles. The van der Waals surface area contributed by atoms with Gasteiger partial charge in [0.1, 0.15) is 11.6 Å². The van der Waals surface area contributed by atoms with Gasteiger partial charge in [-0.05, 0) is 54.4 Å². The van der Waals surface area contributed by atoms with Gasteiger partial charge in [0.2, 0.25) is 0 Å². The molecule has 2 aromatic carbocycles. The van der Waals surface area contributed by atoms with Gasteiger partial charge in [0, 0.05) is 18.2 Å². The van der Waals surface area contributed by atoms with Crippen LogP contribution >= 0.6 is 0 Å². The number of anilines is 1. The van der Waals surface area contributed by atoms with E-state index in [1.165, 1.54) is 42.6 Å². The van der Waals surface area contributed by atoms with Crippen molar-refractivity contribution < 1.29 is 14.5 Å². The zero-order valence-corrected chi connectivity index (χ0v) is 15.3. The van der Waals surface area contributed by atoms with Crippen molar-refractivity contribution in [3.05, 3.63) is 97.8 Å². The van der Waals surface area contributed by atoms with E-state index >= 15 is 0 Å². The smallest absolute Gasteiger partial charge is 0.343 e. The summed E-state index contributed by atoms with van der Waals surface area (Å²) in [6.45, 7) is 1.76. The molecule has 0 unspecified atom stereocenters. The number of hydrogen-bond acceptors (Lipinski definition) is 7. The third-order valence-electron chi connectivity index (χ3n) is 3.89. The maximum atomic E-state index is 12.2. The number of non-ortho nitro benzene ring substituents is 1. The highest BCUT2D eigenvalue weighted by molar-refractivity contribution is 5.91. The highest BCUT2D eigenvalue weighted by atomic mass is 16.6. The Morgan fingerprint density at radius 2 is 1.90 bits per heavy atom. The van der Waals surface area contributed by atoms with Crippen LogP contribution in [0.25, 0.3) is 0 Å². The minimum atomic E-state index is -0.714. The summed E-state index contributed by atoms with van der Waals surface area (Å²) in [5, 5.41) is 14.9. The van der Waals surface area contributed by atoms with Crippen molar-refractivity contribution in [1.29, 1.82) is 0 Å². The number of hydrogen-bond donors (Lipinski definition) is 1. The highest BCUT2D eigenvalue weighted by Gasteiger charge is 2.13. The van der Waals surface area contributed by atoms with Gasteiger partial charge in [0.25, 0.3) is 11.2 Å². The number of ether oxygens (including phenoxy) is 1. The van der Waals surface area contributed by atoms with E-state index in [-0.39, 0.29) is 28.4 Å². The summed E-state index contributed by atoms with van der Waals surface area (Å²) in [6, 6.07) is 14.7. The molecule has 0 saturated carbocycles. The number of nitro benzene ring substituents is 1. The van der Waals surface area contributed by atoms with Crippen LogP contribution in [0.1, 0.15) is 21.5 Å².